The van der Waals surface area contributed by atoms with Crippen LogP contribution in [0.5, 0.6) is 5.75 Å². The van der Waals surface area contributed by atoms with Gasteiger partial charge in [0.15, 0.2) is 5.17 Å². The fraction of sp³-hybridized carbons (Fsp3) is 0.167. The predicted molar refractivity (Wildman–Crippen MR) is 104 cm³/mol. The molecule has 1 heterocycles. The lowest BCUT2D eigenvalue weighted by Gasteiger charge is -2.09. The lowest BCUT2D eigenvalue weighted by Crippen LogP contribution is -2.26. The van der Waals surface area contributed by atoms with Crippen molar-refractivity contribution in [2.24, 2.45) is 10.2 Å². The number of nitro benzene ring substituents is 1. The number of amides is 1. The fourth-order valence-electron chi connectivity index (χ4n) is 2.52. The molecule has 1 N–H and O–H groups in total. The molecular weight excluding hydrogens is 368 g/mol. The van der Waals surface area contributed by atoms with Crippen LogP contribution >= 0.6 is 11.8 Å². The van der Waals surface area contributed by atoms with Gasteiger partial charge in [0.1, 0.15) is 5.75 Å². The van der Waals surface area contributed by atoms with Crippen LogP contribution in [-0.4, -0.2) is 34.6 Å². The Morgan fingerprint density at radius 1 is 1.30 bits per heavy atom. The maximum atomic E-state index is 12.2. The highest BCUT2D eigenvalue weighted by Crippen LogP contribution is 2.27. The van der Waals surface area contributed by atoms with Crippen LogP contribution in [0.3, 0.4) is 0 Å². The number of nitrogens with zero attached hydrogens (tertiary/aromatic N) is 3. The molecular formula is C18H16N4O4S. The predicted octanol–water partition coefficient (Wildman–Crippen LogP) is 2.77. The smallest absolute Gasteiger partial charge is 0.270 e. The second kappa shape index (κ2) is 8.45. The number of ether oxygens (including phenoxy) is 1. The highest BCUT2D eigenvalue weighted by Gasteiger charge is 2.31. The molecule has 2 aromatic carbocycles. The molecule has 27 heavy (non-hydrogen) atoms. The average molecular weight is 384 g/mol. The van der Waals surface area contributed by atoms with Crippen molar-refractivity contribution in [1.82, 2.24) is 5.32 Å². The van der Waals surface area contributed by atoms with Gasteiger partial charge in [-0.2, -0.15) is 5.10 Å². The van der Waals surface area contributed by atoms with Crippen molar-refractivity contribution >= 4 is 34.7 Å². The topological polar surface area (TPSA) is 106 Å². The van der Waals surface area contributed by atoms with Crippen LogP contribution in [0.15, 0.2) is 58.7 Å². The molecule has 0 saturated carbocycles. The number of benzene rings is 2. The van der Waals surface area contributed by atoms with Gasteiger partial charge < -0.3 is 10.1 Å². The summed E-state index contributed by atoms with van der Waals surface area (Å²) in [5.41, 5.74) is 1.47. The second-order valence-corrected chi connectivity index (χ2v) is 6.80. The summed E-state index contributed by atoms with van der Waals surface area (Å²) in [5.74, 6) is 0.593. The minimum absolute atomic E-state index is 0.0213. The summed E-state index contributed by atoms with van der Waals surface area (Å²) in [4.78, 5) is 22.5. The van der Waals surface area contributed by atoms with Crippen LogP contribution in [-0.2, 0) is 11.2 Å². The lowest BCUT2D eigenvalue weighted by molar-refractivity contribution is -0.384. The van der Waals surface area contributed by atoms with Gasteiger partial charge in [0, 0.05) is 17.7 Å². The Morgan fingerprint density at radius 3 is 2.89 bits per heavy atom. The highest BCUT2D eigenvalue weighted by atomic mass is 32.2. The summed E-state index contributed by atoms with van der Waals surface area (Å²) in [5, 5.41) is 21.4. The first-order chi connectivity index (χ1) is 13.1. The molecule has 1 amide bonds. The van der Waals surface area contributed by atoms with Crippen LogP contribution in [0, 0.1) is 10.1 Å². The van der Waals surface area contributed by atoms with Gasteiger partial charge in [-0.25, -0.2) is 0 Å². The normalized spacial score (nSPS) is 18.0. The first kappa shape index (κ1) is 18.6. The van der Waals surface area contributed by atoms with Crippen molar-refractivity contribution in [3.8, 4) is 5.75 Å². The molecule has 0 aliphatic carbocycles. The molecule has 0 radical (unpaired) electrons. The summed E-state index contributed by atoms with van der Waals surface area (Å²) < 4.78 is 5.32. The zero-order valence-corrected chi connectivity index (χ0v) is 15.2. The van der Waals surface area contributed by atoms with Gasteiger partial charge in [0.25, 0.3) is 5.69 Å². The summed E-state index contributed by atoms with van der Waals surface area (Å²) in [6.07, 6.45) is 1.91. The van der Waals surface area contributed by atoms with Crippen molar-refractivity contribution in [2.45, 2.75) is 11.7 Å². The number of para-hydroxylation sites is 1. The van der Waals surface area contributed by atoms with Crippen molar-refractivity contribution in [3.63, 3.8) is 0 Å². The molecule has 1 saturated heterocycles. The molecule has 1 aliphatic rings. The maximum Gasteiger partial charge on any atom is 0.270 e. The minimum Gasteiger partial charge on any atom is -0.496 e. The molecule has 1 fully saturated rings. The number of carbonyl (C=O) groups excluding carboxylic acids is 1. The van der Waals surface area contributed by atoms with Gasteiger partial charge >= 0.3 is 0 Å². The van der Waals surface area contributed by atoms with E-state index in [-0.39, 0.29) is 16.8 Å². The van der Waals surface area contributed by atoms with E-state index >= 15 is 0 Å². The molecule has 0 aromatic heterocycles. The maximum absolute atomic E-state index is 12.2. The van der Waals surface area contributed by atoms with E-state index in [2.05, 4.69) is 15.5 Å². The summed E-state index contributed by atoms with van der Waals surface area (Å²) in [6.45, 7) is 0. The van der Waals surface area contributed by atoms with Crippen LogP contribution in [0.25, 0.3) is 0 Å². The number of non-ortho nitro benzene ring substituents is 1. The van der Waals surface area contributed by atoms with Crippen molar-refractivity contribution in [3.05, 3.63) is 69.8 Å². The van der Waals surface area contributed by atoms with Crippen LogP contribution in [0.1, 0.15) is 11.1 Å². The Labute approximate surface area is 159 Å². The zero-order chi connectivity index (χ0) is 19.2. The van der Waals surface area contributed by atoms with Gasteiger partial charge in [-0.15, -0.1) is 5.10 Å². The van der Waals surface area contributed by atoms with E-state index in [9.17, 15) is 14.9 Å². The molecule has 3 rings (SSSR count). The summed E-state index contributed by atoms with van der Waals surface area (Å²) >= 11 is 1.29. The Hall–Kier alpha value is -3.20. The minimum atomic E-state index is -0.473. The Balaban J connectivity index is 1.66. The van der Waals surface area contributed by atoms with Crippen molar-refractivity contribution in [1.29, 1.82) is 0 Å². The first-order valence-corrected chi connectivity index (χ1v) is 8.89. The highest BCUT2D eigenvalue weighted by molar-refractivity contribution is 8.15. The Morgan fingerprint density at radius 2 is 2.11 bits per heavy atom. The monoisotopic (exact) mass is 384 g/mol. The number of rotatable bonds is 6. The lowest BCUT2D eigenvalue weighted by atomic mass is 10.1. The Kier molecular flexibility index (Phi) is 5.82. The van der Waals surface area contributed by atoms with E-state index < -0.39 is 4.92 Å². The largest absolute Gasteiger partial charge is 0.496 e. The van der Waals surface area contributed by atoms with Gasteiger partial charge in [-0.3, -0.25) is 14.9 Å². The molecule has 8 nitrogen and oxygen atoms in total. The third kappa shape index (κ3) is 4.70. The number of nitro groups is 1. The van der Waals surface area contributed by atoms with Gasteiger partial charge in [-0.1, -0.05) is 42.1 Å². The van der Waals surface area contributed by atoms with E-state index in [1.54, 1.807) is 19.2 Å². The molecule has 0 spiro atoms. The number of methoxy groups -OCH3 is 1. The fourth-order valence-corrected chi connectivity index (χ4v) is 3.48. The van der Waals surface area contributed by atoms with Crippen LogP contribution in [0.4, 0.5) is 5.69 Å². The number of nitrogens with one attached hydrogen (secondary N) is 1. The third-order valence-corrected chi connectivity index (χ3v) is 4.88. The first-order valence-electron chi connectivity index (χ1n) is 8.01. The number of thioether (sulfide) groups is 1. The van der Waals surface area contributed by atoms with Crippen molar-refractivity contribution in [2.75, 3.05) is 7.11 Å². The molecule has 0 unspecified atom stereocenters. The van der Waals surface area contributed by atoms with Crippen LogP contribution < -0.4 is 10.1 Å². The van der Waals surface area contributed by atoms with E-state index in [1.807, 2.05) is 24.3 Å². The van der Waals surface area contributed by atoms with Gasteiger partial charge in [-0.05, 0) is 18.1 Å². The molecule has 9 heteroatoms. The Bertz CT molecular complexity index is 929. The van der Waals surface area contributed by atoms with Crippen LogP contribution in [0.2, 0.25) is 0 Å². The third-order valence-electron chi connectivity index (χ3n) is 3.81. The number of hydrogen-bond donors (Lipinski definition) is 1. The SMILES string of the molecule is COc1ccccc1C[C@H]1S/C(=N/N=C/c2cccc([N+](=O)[O-])c2)NC1=O. The molecule has 1 atom stereocenters. The second-order valence-electron chi connectivity index (χ2n) is 5.61. The van der Waals surface area contributed by atoms with E-state index in [4.69, 9.17) is 4.74 Å². The molecule has 0 bridgehead atoms. The average Bonchev–Trinajstić information content (AvgIpc) is 3.01. The molecule has 138 valence electrons. The van der Waals surface area contributed by atoms with Gasteiger partial charge in [0.2, 0.25) is 5.91 Å². The molecule has 2 aromatic rings. The van der Waals surface area contributed by atoms with Gasteiger partial charge in [0.05, 0.1) is 23.5 Å². The standard InChI is InChI=1S/C18H16N4O4S/c1-26-15-8-3-2-6-13(15)10-16-17(23)20-18(27-16)21-19-11-12-5-4-7-14(9-12)22(24)25/h2-9,11,16H,10H2,1H3,(H,20,21,23)/b19-11+/t16-/m1/s1. The van der Waals surface area contributed by atoms with Crippen molar-refractivity contribution < 1.29 is 14.5 Å². The molecule has 1 aliphatic heterocycles. The van der Waals surface area contributed by atoms with E-state index in [0.29, 0.717) is 17.2 Å². The number of hydrogen-bond acceptors (Lipinski definition) is 7. The number of carbonyl (C=O) groups is 1. The number of amidine groups is 1. The summed E-state index contributed by atoms with van der Waals surface area (Å²) in [7, 11) is 1.59. The summed E-state index contributed by atoms with van der Waals surface area (Å²) in [6, 6.07) is 13.6. The van der Waals surface area contributed by atoms with E-state index in [1.165, 1.54) is 30.1 Å². The van der Waals surface area contributed by atoms with E-state index in [0.717, 1.165) is 11.3 Å². The zero-order valence-electron chi connectivity index (χ0n) is 14.4. The quantitative estimate of drug-likeness (QED) is 0.468.